The number of benzene rings is 1. The number of hydrogen-bond acceptors (Lipinski definition) is 4. The number of thiophene rings is 1. The van der Waals surface area contributed by atoms with E-state index in [0.29, 0.717) is 5.56 Å². The molecule has 106 valence electrons. The molecule has 0 aliphatic rings. The molecule has 1 N–H and O–H groups in total. The molecule has 1 heterocycles. The molecule has 1 unspecified atom stereocenters. The number of esters is 1. The van der Waals surface area contributed by atoms with Crippen molar-refractivity contribution in [1.82, 2.24) is 0 Å². The van der Waals surface area contributed by atoms with Gasteiger partial charge < -0.3 is 10.1 Å². The topological polar surface area (TPSA) is 38.3 Å². The predicted molar refractivity (Wildman–Crippen MR) is 86.6 cm³/mol. The molecule has 0 spiro atoms. The Morgan fingerprint density at radius 1 is 1.35 bits per heavy atom. The van der Waals surface area contributed by atoms with Crippen molar-refractivity contribution in [3.8, 4) is 0 Å². The van der Waals surface area contributed by atoms with E-state index >= 15 is 0 Å². The SMILES string of the molecule is COC(=O)c1cccc(NC(C)c2ccc(Br)s2)c1C. The average Bonchev–Trinajstić information content (AvgIpc) is 2.87. The molecule has 3 nitrogen and oxygen atoms in total. The lowest BCUT2D eigenvalue weighted by molar-refractivity contribution is 0.0600. The normalized spacial score (nSPS) is 12.0. The van der Waals surface area contributed by atoms with E-state index in [4.69, 9.17) is 4.74 Å². The van der Waals surface area contributed by atoms with Crippen LogP contribution >= 0.6 is 27.3 Å². The predicted octanol–water partition coefficient (Wildman–Crippen LogP) is 4.78. The summed E-state index contributed by atoms with van der Waals surface area (Å²) in [5, 5.41) is 3.44. The average molecular weight is 354 g/mol. The quantitative estimate of drug-likeness (QED) is 0.803. The maximum Gasteiger partial charge on any atom is 0.338 e. The molecule has 2 aromatic rings. The summed E-state index contributed by atoms with van der Waals surface area (Å²) < 4.78 is 5.91. The van der Waals surface area contributed by atoms with Gasteiger partial charge in [-0.05, 0) is 59.6 Å². The van der Waals surface area contributed by atoms with Crippen LogP contribution in [0.4, 0.5) is 5.69 Å². The van der Waals surface area contributed by atoms with Gasteiger partial charge in [0.15, 0.2) is 0 Å². The molecule has 0 saturated carbocycles. The van der Waals surface area contributed by atoms with E-state index in [2.05, 4.69) is 34.2 Å². The molecule has 0 radical (unpaired) electrons. The second kappa shape index (κ2) is 6.41. The minimum Gasteiger partial charge on any atom is -0.465 e. The Labute approximate surface area is 131 Å². The Hall–Kier alpha value is -1.33. The molecule has 1 aromatic carbocycles. The van der Waals surface area contributed by atoms with Gasteiger partial charge in [0.05, 0.1) is 22.5 Å². The number of ether oxygens (including phenoxy) is 1. The number of halogens is 1. The molecule has 0 aliphatic heterocycles. The van der Waals surface area contributed by atoms with Crippen molar-refractivity contribution in [3.05, 3.63) is 50.1 Å². The van der Waals surface area contributed by atoms with Crippen LogP contribution in [-0.4, -0.2) is 13.1 Å². The van der Waals surface area contributed by atoms with Gasteiger partial charge in [0.1, 0.15) is 0 Å². The molecule has 0 aliphatic carbocycles. The number of anilines is 1. The first-order chi connectivity index (χ1) is 9.52. The highest BCUT2D eigenvalue weighted by Gasteiger charge is 2.14. The van der Waals surface area contributed by atoms with Crippen molar-refractivity contribution in [2.24, 2.45) is 0 Å². The zero-order valence-corrected chi connectivity index (χ0v) is 14.0. The minimum absolute atomic E-state index is 0.179. The Kier molecular flexibility index (Phi) is 4.83. The van der Waals surface area contributed by atoms with Crippen molar-refractivity contribution in [2.45, 2.75) is 19.9 Å². The zero-order chi connectivity index (χ0) is 14.7. The highest BCUT2D eigenvalue weighted by atomic mass is 79.9. The first-order valence-electron chi connectivity index (χ1n) is 6.22. The Morgan fingerprint density at radius 3 is 2.70 bits per heavy atom. The fourth-order valence-corrected chi connectivity index (χ4v) is 3.41. The number of methoxy groups -OCH3 is 1. The fraction of sp³-hybridized carbons (Fsp3) is 0.267. The van der Waals surface area contributed by atoms with E-state index in [1.165, 1.54) is 12.0 Å². The third-order valence-electron chi connectivity index (χ3n) is 3.13. The van der Waals surface area contributed by atoms with Gasteiger partial charge in [-0.15, -0.1) is 11.3 Å². The molecule has 1 aromatic heterocycles. The van der Waals surface area contributed by atoms with Crippen LogP contribution in [0, 0.1) is 6.92 Å². The molecule has 0 fully saturated rings. The third kappa shape index (κ3) is 3.22. The van der Waals surface area contributed by atoms with Crippen LogP contribution in [0.15, 0.2) is 34.1 Å². The summed E-state index contributed by atoms with van der Waals surface area (Å²) in [7, 11) is 1.40. The van der Waals surface area contributed by atoms with E-state index in [1.807, 2.05) is 25.1 Å². The summed E-state index contributed by atoms with van der Waals surface area (Å²) in [6.45, 7) is 4.02. The van der Waals surface area contributed by atoms with Crippen LogP contribution in [0.2, 0.25) is 0 Å². The largest absolute Gasteiger partial charge is 0.465 e. The van der Waals surface area contributed by atoms with Crippen molar-refractivity contribution < 1.29 is 9.53 Å². The zero-order valence-electron chi connectivity index (χ0n) is 11.6. The smallest absolute Gasteiger partial charge is 0.338 e. The summed E-state index contributed by atoms with van der Waals surface area (Å²) in [6, 6.07) is 9.91. The van der Waals surface area contributed by atoms with Crippen molar-refractivity contribution in [1.29, 1.82) is 0 Å². The lowest BCUT2D eigenvalue weighted by Gasteiger charge is -2.17. The van der Waals surface area contributed by atoms with Gasteiger partial charge in [-0.2, -0.15) is 0 Å². The van der Waals surface area contributed by atoms with E-state index in [9.17, 15) is 4.79 Å². The lowest BCUT2D eigenvalue weighted by Crippen LogP contribution is -2.09. The van der Waals surface area contributed by atoms with Crippen LogP contribution in [0.5, 0.6) is 0 Å². The van der Waals surface area contributed by atoms with Gasteiger partial charge in [0.25, 0.3) is 0 Å². The van der Waals surface area contributed by atoms with Gasteiger partial charge in [-0.25, -0.2) is 4.79 Å². The van der Waals surface area contributed by atoms with Gasteiger partial charge in [0, 0.05) is 10.6 Å². The standard InChI is InChI=1S/C15H16BrNO2S/c1-9-11(15(18)19-3)5-4-6-12(9)17-10(2)13-7-8-14(16)20-13/h4-8,10,17H,1-3H3. The fourth-order valence-electron chi connectivity index (χ4n) is 1.99. The lowest BCUT2D eigenvalue weighted by atomic mass is 10.1. The summed E-state index contributed by atoms with van der Waals surface area (Å²) >= 11 is 5.17. The maximum absolute atomic E-state index is 11.7. The first-order valence-corrected chi connectivity index (χ1v) is 7.83. The molecule has 5 heteroatoms. The van der Waals surface area contributed by atoms with Crippen molar-refractivity contribution in [2.75, 3.05) is 12.4 Å². The number of carbonyl (C=O) groups is 1. The van der Waals surface area contributed by atoms with Crippen LogP contribution in [0.1, 0.15) is 33.8 Å². The highest BCUT2D eigenvalue weighted by Crippen LogP contribution is 2.30. The van der Waals surface area contributed by atoms with Crippen molar-refractivity contribution >= 4 is 38.9 Å². The number of hydrogen-bond donors (Lipinski definition) is 1. The number of carbonyl (C=O) groups excluding carboxylic acids is 1. The molecule has 1 atom stereocenters. The molecule has 20 heavy (non-hydrogen) atoms. The Bertz CT molecular complexity index is 624. The van der Waals surface area contributed by atoms with Gasteiger partial charge in [-0.1, -0.05) is 6.07 Å². The molecular weight excluding hydrogens is 338 g/mol. The second-order valence-corrected chi connectivity index (χ2v) is 6.97. The summed E-state index contributed by atoms with van der Waals surface area (Å²) in [5.41, 5.74) is 2.45. The van der Waals surface area contributed by atoms with Crippen LogP contribution < -0.4 is 5.32 Å². The van der Waals surface area contributed by atoms with Gasteiger partial charge >= 0.3 is 5.97 Å². The van der Waals surface area contributed by atoms with Crippen LogP contribution in [-0.2, 0) is 4.74 Å². The summed E-state index contributed by atoms with van der Waals surface area (Å²) in [6.07, 6.45) is 0. The van der Waals surface area contributed by atoms with E-state index in [1.54, 1.807) is 17.4 Å². The Balaban J connectivity index is 2.23. The third-order valence-corrected chi connectivity index (χ3v) is 4.94. The van der Waals surface area contributed by atoms with E-state index < -0.39 is 0 Å². The van der Waals surface area contributed by atoms with E-state index in [-0.39, 0.29) is 12.0 Å². The highest BCUT2D eigenvalue weighted by molar-refractivity contribution is 9.11. The molecular formula is C15H16BrNO2S. The number of nitrogens with one attached hydrogen (secondary N) is 1. The first kappa shape index (κ1) is 15.1. The minimum atomic E-state index is -0.308. The van der Waals surface area contributed by atoms with Crippen LogP contribution in [0.25, 0.3) is 0 Å². The van der Waals surface area contributed by atoms with Gasteiger partial charge in [-0.3, -0.25) is 0 Å². The second-order valence-electron chi connectivity index (χ2n) is 4.48. The van der Waals surface area contributed by atoms with Crippen molar-refractivity contribution in [3.63, 3.8) is 0 Å². The Morgan fingerprint density at radius 2 is 2.10 bits per heavy atom. The summed E-state index contributed by atoms with van der Waals surface area (Å²) in [5.74, 6) is -0.308. The monoisotopic (exact) mass is 353 g/mol. The molecule has 2 rings (SSSR count). The summed E-state index contributed by atoms with van der Waals surface area (Å²) in [4.78, 5) is 12.9. The number of rotatable bonds is 4. The molecule has 0 bridgehead atoms. The molecule has 0 amide bonds. The molecule has 0 saturated heterocycles. The maximum atomic E-state index is 11.7. The van der Waals surface area contributed by atoms with Crippen LogP contribution in [0.3, 0.4) is 0 Å². The van der Waals surface area contributed by atoms with E-state index in [0.717, 1.165) is 15.0 Å². The van der Waals surface area contributed by atoms with Gasteiger partial charge in [0.2, 0.25) is 0 Å².